The first-order valence-electron chi connectivity index (χ1n) is 11.0. The van der Waals surface area contributed by atoms with E-state index in [9.17, 15) is 26.4 Å². The van der Waals surface area contributed by atoms with E-state index in [0.717, 1.165) is 17.8 Å². The van der Waals surface area contributed by atoms with Gasteiger partial charge in [-0.1, -0.05) is 23.9 Å². The van der Waals surface area contributed by atoms with E-state index >= 15 is 0 Å². The molecule has 0 aliphatic carbocycles. The number of benzene rings is 2. The van der Waals surface area contributed by atoms with Gasteiger partial charge >= 0.3 is 6.18 Å². The molecule has 1 fully saturated rings. The molecule has 0 radical (unpaired) electrons. The van der Waals surface area contributed by atoms with Gasteiger partial charge in [0.25, 0.3) is 0 Å². The molecule has 0 spiro atoms. The molecule has 2 aromatic heterocycles. The maximum Gasteiger partial charge on any atom is 0.418 e. The van der Waals surface area contributed by atoms with Gasteiger partial charge in [-0.15, -0.1) is 10.2 Å². The lowest BCUT2D eigenvalue weighted by Gasteiger charge is -2.26. The lowest BCUT2D eigenvalue weighted by molar-refractivity contribution is -0.137. The number of anilines is 1. The van der Waals surface area contributed by atoms with Crippen molar-refractivity contribution in [3.8, 4) is 0 Å². The SMILES string of the molecule is O=C(CSc1nnc2c(n1)[nH]c1ccc(S(=O)(=O)N3CCOCC3)cc12)Nc1ccccc1C(F)(F)F. The summed E-state index contributed by atoms with van der Waals surface area (Å²) < 4.78 is 72.0. The summed E-state index contributed by atoms with van der Waals surface area (Å²) in [7, 11) is -3.71. The van der Waals surface area contributed by atoms with Gasteiger partial charge < -0.3 is 15.0 Å². The van der Waals surface area contributed by atoms with Gasteiger partial charge in [0.2, 0.25) is 21.1 Å². The molecule has 1 aliphatic rings. The highest BCUT2D eigenvalue weighted by Crippen LogP contribution is 2.34. The molecule has 4 aromatic rings. The highest BCUT2D eigenvalue weighted by Gasteiger charge is 2.33. The number of morpholine rings is 1. The smallest absolute Gasteiger partial charge is 0.379 e. The summed E-state index contributed by atoms with van der Waals surface area (Å²) in [6.07, 6.45) is -4.61. The van der Waals surface area contributed by atoms with Crippen molar-refractivity contribution in [3.05, 3.63) is 48.0 Å². The normalized spacial score (nSPS) is 15.3. The maximum atomic E-state index is 13.1. The molecule has 0 unspecified atom stereocenters. The van der Waals surface area contributed by atoms with Gasteiger partial charge in [0.05, 0.1) is 35.1 Å². The second-order valence-corrected chi connectivity index (χ2v) is 10.9. The van der Waals surface area contributed by atoms with Crippen molar-refractivity contribution in [3.63, 3.8) is 0 Å². The number of fused-ring (bicyclic) bond motifs is 3. The van der Waals surface area contributed by atoms with Gasteiger partial charge in [0, 0.05) is 24.0 Å². The molecule has 37 heavy (non-hydrogen) atoms. The number of hydrogen-bond acceptors (Lipinski definition) is 8. The number of carbonyl (C=O) groups is 1. The largest absolute Gasteiger partial charge is 0.418 e. The number of carbonyl (C=O) groups excluding carboxylic acids is 1. The summed E-state index contributed by atoms with van der Waals surface area (Å²) >= 11 is 0.900. The number of rotatable bonds is 6. The molecular weight excluding hydrogens is 533 g/mol. The van der Waals surface area contributed by atoms with E-state index in [4.69, 9.17) is 4.74 Å². The molecule has 194 valence electrons. The van der Waals surface area contributed by atoms with Crippen LogP contribution in [0.5, 0.6) is 0 Å². The first-order chi connectivity index (χ1) is 17.6. The van der Waals surface area contributed by atoms with Crippen LogP contribution in [0.1, 0.15) is 5.56 Å². The molecule has 2 N–H and O–H groups in total. The van der Waals surface area contributed by atoms with Crippen LogP contribution in [0, 0.1) is 0 Å². The average Bonchev–Trinajstić information content (AvgIpc) is 3.25. The summed E-state index contributed by atoms with van der Waals surface area (Å²) in [5, 5.41) is 11.0. The zero-order chi connectivity index (χ0) is 26.2. The van der Waals surface area contributed by atoms with Gasteiger partial charge in [0.15, 0.2) is 5.65 Å². The second-order valence-electron chi connectivity index (χ2n) is 8.02. The van der Waals surface area contributed by atoms with Crippen molar-refractivity contribution in [2.24, 2.45) is 0 Å². The zero-order valence-electron chi connectivity index (χ0n) is 18.9. The van der Waals surface area contributed by atoms with Crippen molar-refractivity contribution in [2.75, 3.05) is 37.4 Å². The molecular formula is C22H19F3N6O4S2. The number of nitrogens with one attached hydrogen (secondary N) is 2. The third-order valence-corrected chi connectivity index (χ3v) is 8.35. The summed E-state index contributed by atoms with van der Waals surface area (Å²) in [6.45, 7) is 1.20. The Kier molecular flexibility index (Phi) is 6.78. The number of sulfonamides is 1. The van der Waals surface area contributed by atoms with E-state index in [1.54, 1.807) is 6.07 Å². The lowest BCUT2D eigenvalue weighted by Crippen LogP contribution is -2.40. The van der Waals surface area contributed by atoms with Crippen molar-refractivity contribution >= 4 is 55.4 Å². The number of amides is 1. The van der Waals surface area contributed by atoms with Crippen LogP contribution in [0.2, 0.25) is 0 Å². The summed E-state index contributed by atoms with van der Waals surface area (Å²) in [4.78, 5) is 19.8. The predicted molar refractivity (Wildman–Crippen MR) is 130 cm³/mol. The number of para-hydroxylation sites is 1. The van der Waals surface area contributed by atoms with E-state index < -0.39 is 27.7 Å². The number of aromatic amines is 1. The molecule has 0 bridgehead atoms. The standard InChI is InChI=1S/C22H19F3N6O4S2/c23-22(24,25)15-3-1-2-4-17(15)26-18(32)12-36-21-28-20-19(29-30-21)14-11-13(5-6-16(14)27-20)37(33,34)31-7-9-35-10-8-31/h1-6,11H,7-10,12H2,(H,26,32)(H,27,28,30). The molecule has 1 saturated heterocycles. The van der Waals surface area contributed by atoms with E-state index in [1.165, 1.54) is 34.6 Å². The molecule has 10 nitrogen and oxygen atoms in total. The van der Waals surface area contributed by atoms with Crippen LogP contribution < -0.4 is 5.32 Å². The lowest BCUT2D eigenvalue weighted by atomic mass is 10.1. The van der Waals surface area contributed by atoms with Gasteiger partial charge in [-0.25, -0.2) is 13.4 Å². The number of thioether (sulfide) groups is 1. The third-order valence-electron chi connectivity index (χ3n) is 5.61. The molecule has 15 heteroatoms. The second kappa shape index (κ2) is 9.89. The van der Waals surface area contributed by atoms with Crippen LogP contribution in [0.15, 0.2) is 52.5 Å². The zero-order valence-corrected chi connectivity index (χ0v) is 20.6. The van der Waals surface area contributed by atoms with E-state index in [0.29, 0.717) is 35.3 Å². The molecule has 0 saturated carbocycles. The number of nitrogens with zero attached hydrogens (tertiary/aromatic N) is 4. The number of ether oxygens (including phenoxy) is 1. The van der Waals surface area contributed by atoms with Crippen LogP contribution in [0.3, 0.4) is 0 Å². The van der Waals surface area contributed by atoms with E-state index in [-0.39, 0.29) is 34.6 Å². The fraction of sp³-hybridized carbons (Fsp3) is 0.273. The topological polar surface area (TPSA) is 130 Å². The van der Waals surface area contributed by atoms with Crippen LogP contribution >= 0.6 is 11.8 Å². The van der Waals surface area contributed by atoms with Crippen molar-refractivity contribution in [1.29, 1.82) is 0 Å². The summed E-state index contributed by atoms with van der Waals surface area (Å²) in [5.74, 6) is -0.915. The van der Waals surface area contributed by atoms with Gasteiger partial charge in [-0.3, -0.25) is 4.79 Å². The third kappa shape index (κ3) is 5.25. The fourth-order valence-electron chi connectivity index (χ4n) is 3.85. The quantitative estimate of drug-likeness (QED) is 0.349. The Bertz CT molecular complexity index is 1590. The Morgan fingerprint density at radius 3 is 2.65 bits per heavy atom. The predicted octanol–water partition coefficient (Wildman–Crippen LogP) is 3.28. The van der Waals surface area contributed by atoms with Crippen LogP contribution in [-0.2, 0) is 25.7 Å². The molecule has 3 heterocycles. The van der Waals surface area contributed by atoms with Crippen molar-refractivity contribution in [2.45, 2.75) is 16.2 Å². The van der Waals surface area contributed by atoms with Crippen LogP contribution in [-0.4, -0.2) is 70.9 Å². The first kappa shape index (κ1) is 25.4. The van der Waals surface area contributed by atoms with E-state index in [2.05, 4.69) is 25.5 Å². The van der Waals surface area contributed by atoms with Crippen molar-refractivity contribution in [1.82, 2.24) is 24.5 Å². The minimum Gasteiger partial charge on any atom is -0.379 e. The molecule has 5 rings (SSSR count). The summed E-state index contributed by atoms with van der Waals surface area (Å²) in [5.41, 5.74) is -0.00567. The fourth-order valence-corrected chi connectivity index (χ4v) is 5.87. The summed E-state index contributed by atoms with van der Waals surface area (Å²) in [6, 6.07) is 9.31. The molecule has 0 atom stereocenters. The number of alkyl halides is 3. The van der Waals surface area contributed by atoms with Gasteiger partial charge in [-0.05, 0) is 30.3 Å². The number of H-pyrrole nitrogens is 1. The Labute approximate surface area is 212 Å². The monoisotopic (exact) mass is 552 g/mol. The maximum absolute atomic E-state index is 13.1. The minimum atomic E-state index is -4.61. The van der Waals surface area contributed by atoms with Crippen LogP contribution in [0.4, 0.5) is 18.9 Å². The number of halogens is 3. The van der Waals surface area contributed by atoms with E-state index in [1.807, 2.05) is 0 Å². The molecule has 2 aromatic carbocycles. The Morgan fingerprint density at radius 2 is 1.89 bits per heavy atom. The molecule has 1 amide bonds. The average molecular weight is 553 g/mol. The number of aromatic nitrogens is 4. The molecule has 1 aliphatic heterocycles. The number of hydrogen-bond donors (Lipinski definition) is 2. The van der Waals surface area contributed by atoms with Gasteiger partial charge in [0.1, 0.15) is 5.52 Å². The Balaban J connectivity index is 1.33. The van der Waals surface area contributed by atoms with Crippen molar-refractivity contribution < 1.29 is 31.1 Å². The van der Waals surface area contributed by atoms with Gasteiger partial charge in [-0.2, -0.15) is 17.5 Å². The highest BCUT2D eigenvalue weighted by molar-refractivity contribution is 7.99. The Hall–Kier alpha value is -3.27. The Morgan fingerprint density at radius 1 is 1.14 bits per heavy atom. The van der Waals surface area contributed by atoms with Crippen LogP contribution in [0.25, 0.3) is 22.1 Å². The first-order valence-corrected chi connectivity index (χ1v) is 13.4. The minimum absolute atomic E-state index is 0.110. The highest BCUT2D eigenvalue weighted by atomic mass is 32.2.